The molecular formula is C8H12N2O2. The predicted octanol–water partition coefficient (Wildman–Crippen LogP) is 0.622. The SMILES string of the molecule is C[C@H](NN)c1c(O)cccc1O. The van der Waals surface area contributed by atoms with Crippen LogP contribution in [0.2, 0.25) is 0 Å². The Morgan fingerprint density at radius 1 is 1.33 bits per heavy atom. The Bertz CT molecular complexity index is 256. The van der Waals surface area contributed by atoms with Crippen molar-refractivity contribution in [2.24, 2.45) is 5.84 Å². The van der Waals surface area contributed by atoms with E-state index in [1.165, 1.54) is 12.1 Å². The summed E-state index contributed by atoms with van der Waals surface area (Å²) >= 11 is 0. The fraction of sp³-hybridized carbons (Fsp3) is 0.250. The van der Waals surface area contributed by atoms with Gasteiger partial charge in [0.15, 0.2) is 0 Å². The Labute approximate surface area is 70.6 Å². The standard InChI is InChI=1S/C8H12N2O2/c1-5(10-9)8-6(11)3-2-4-7(8)12/h2-5,10-12H,9H2,1H3/t5-/m0/s1. The van der Waals surface area contributed by atoms with E-state index >= 15 is 0 Å². The van der Waals surface area contributed by atoms with Crippen LogP contribution < -0.4 is 11.3 Å². The van der Waals surface area contributed by atoms with E-state index in [0.29, 0.717) is 5.56 Å². The lowest BCUT2D eigenvalue weighted by molar-refractivity contribution is 0.420. The Hall–Kier alpha value is -1.26. The first-order valence-electron chi connectivity index (χ1n) is 3.63. The van der Waals surface area contributed by atoms with Crippen LogP contribution in [0.3, 0.4) is 0 Å². The zero-order valence-corrected chi connectivity index (χ0v) is 6.78. The Kier molecular flexibility index (Phi) is 2.52. The van der Waals surface area contributed by atoms with E-state index in [9.17, 15) is 10.2 Å². The molecule has 12 heavy (non-hydrogen) atoms. The van der Waals surface area contributed by atoms with Gasteiger partial charge in [-0.2, -0.15) is 0 Å². The molecule has 0 fully saturated rings. The van der Waals surface area contributed by atoms with Crippen LogP contribution in [0, 0.1) is 0 Å². The highest BCUT2D eigenvalue weighted by Gasteiger charge is 2.12. The summed E-state index contributed by atoms with van der Waals surface area (Å²) in [6.45, 7) is 1.74. The van der Waals surface area contributed by atoms with Gasteiger partial charge in [0.05, 0.1) is 11.6 Å². The highest BCUT2D eigenvalue weighted by molar-refractivity contribution is 5.44. The first kappa shape index (κ1) is 8.83. The average molecular weight is 168 g/mol. The quantitative estimate of drug-likeness (QED) is 0.385. The largest absolute Gasteiger partial charge is 0.507 e. The van der Waals surface area contributed by atoms with Crippen LogP contribution in [0.4, 0.5) is 0 Å². The maximum atomic E-state index is 9.34. The number of aromatic hydroxyl groups is 2. The Balaban J connectivity index is 3.12. The van der Waals surface area contributed by atoms with E-state index in [1.54, 1.807) is 13.0 Å². The van der Waals surface area contributed by atoms with Crippen LogP contribution >= 0.6 is 0 Å². The first-order chi connectivity index (χ1) is 5.66. The number of hydrogen-bond donors (Lipinski definition) is 4. The summed E-state index contributed by atoms with van der Waals surface area (Å²) in [5, 5.41) is 18.7. The van der Waals surface area contributed by atoms with E-state index < -0.39 is 0 Å². The molecule has 0 bridgehead atoms. The van der Waals surface area contributed by atoms with Gasteiger partial charge in [-0.05, 0) is 19.1 Å². The second-order valence-corrected chi connectivity index (χ2v) is 2.60. The summed E-state index contributed by atoms with van der Waals surface area (Å²) in [6.07, 6.45) is 0. The third-order valence-electron chi connectivity index (χ3n) is 1.74. The normalized spacial score (nSPS) is 12.8. The fourth-order valence-corrected chi connectivity index (χ4v) is 1.07. The minimum Gasteiger partial charge on any atom is -0.507 e. The second kappa shape index (κ2) is 3.42. The number of hydrogen-bond acceptors (Lipinski definition) is 4. The first-order valence-corrected chi connectivity index (χ1v) is 3.63. The van der Waals surface area contributed by atoms with Crippen molar-refractivity contribution in [1.82, 2.24) is 5.43 Å². The summed E-state index contributed by atoms with van der Waals surface area (Å²) in [4.78, 5) is 0. The van der Waals surface area contributed by atoms with Crippen LogP contribution in [0.1, 0.15) is 18.5 Å². The summed E-state index contributed by atoms with van der Waals surface area (Å²) in [6, 6.07) is 4.30. The van der Waals surface area contributed by atoms with Crippen molar-refractivity contribution in [1.29, 1.82) is 0 Å². The monoisotopic (exact) mass is 168 g/mol. The predicted molar refractivity (Wildman–Crippen MR) is 45.5 cm³/mol. The number of phenols is 2. The summed E-state index contributed by atoms with van der Waals surface area (Å²) in [7, 11) is 0. The van der Waals surface area contributed by atoms with Crippen LogP contribution in [-0.2, 0) is 0 Å². The Morgan fingerprint density at radius 2 is 1.83 bits per heavy atom. The lowest BCUT2D eigenvalue weighted by Gasteiger charge is -2.13. The molecule has 1 atom stereocenters. The molecule has 66 valence electrons. The molecule has 0 spiro atoms. The molecule has 0 saturated heterocycles. The van der Waals surface area contributed by atoms with Crippen molar-refractivity contribution in [3.05, 3.63) is 23.8 Å². The maximum Gasteiger partial charge on any atom is 0.124 e. The minimum absolute atomic E-state index is 0.0421. The van der Waals surface area contributed by atoms with E-state index in [2.05, 4.69) is 5.43 Å². The molecule has 1 aromatic carbocycles. The topological polar surface area (TPSA) is 78.5 Å². The number of rotatable bonds is 2. The summed E-state index contributed by atoms with van der Waals surface area (Å²) < 4.78 is 0. The third kappa shape index (κ3) is 1.49. The van der Waals surface area contributed by atoms with E-state index in [0.717, 1.165) is 0 Å². The molecular weight excluding hydrogens is 156 g/mol. The minimum atomic E-state index is -0.272. The molecule has 0 aliphatic heterocycles. The van der Waals surface area contributed by atoms with Crippen molar-refractivity contribution in [2.45, 2.75) is 13.0 Å². The van der Waals surface area contributed by atoms with Crippen molar-refractivity contribution in [3.8, 4) is 11.5 Å². The molecule has 0 amide bonds. The van der Waals surface area contributed by atoms with Crippen LogP contribution in [-0.4, -0.2) is 10.2 Å². The van der Waals surface area contributed by atoms with Gasteiger partial charge in [-0.15, -0.1) is 0 Å². The molecule has 1 rings (SSSR count). The molecule has 4 nitrogen and oxygen atoms in total. The van der Waals surface area contributed by atoms with Gasteiger partial charge in [0.25, 0.3) is 0 Å². The number of nitrogens with two attached hydrogens (primary N) is 1. The van der Waals surface area contributed by atoms with Crippen LogP contribution in [0.15, 0.2) is 18.2 Å². The van der Waals surface area contributed by atoms with Crippen molar-refractivity contribution >= 4 is 0 Å². The molecule has 0 heterocycles. The fourth-order valence-electron chi connectivity index (χ4n) is 1.07. The highest BCUT2D eigenvalue weighted by atomic mass is 16.3. The van der Waals surface area contributed by atoms with Gasteiger partial charge in [0.1, 0.15) is 11.5 Å². The zero-order valence-electron chi connectivity index (χ0n) is 6.78. The molecule has 0 saturated carbocycles. The number of hydrazine groups is 1. The lowest BCUT2D eigenvalue weighted by atomic mass is 10.1. The number of nitrogens with one attached hydrogen (secondary N) is 1. The maximum absolute atomic E-state index is 9.34. The van der Waals surface area contributed by atoms with Gasteiger partial charge >= 0.3 is 0 Å². The van der Waals surface area contributed by atoms with Gasteiger partial charge in [-0.1, -0.05) is 6.07 Å². The molecule has 0 aliphatic rings. The molecule has 0 aliphatic carbocycles. The van der Waals surface area contributed by atoms with Gasteiger partial charge in [0.2, 0.25) is 0 Å². The van der Waals surface area contributed by atoms with Gasteiger partial charge in [0, 0.05) is 0 Å². The third-order valence-corrected chi connectivity index (χ3v) is 1.74. The second-order valence-electron chi connectivity index (χ2n) is 2.60. The molecule has 0 aromatic heterocycles. The molecule has 0 unspecified atom stereocenters. The van der Waals surface area contributed by atoms with Gasteiger partial charge in [-0.25, -0.2) is 0 Å². The van der Waals surface area contributed by atoms with Crippen molar-refractivity contribution in [3.63, 3.8) is 0 Å². The van der Waals surface area contributed by atoms with Crippen molar-refractivity contribution < 1.29 is 10.2 Å². The number of phenolic OH excluding ortho intramolecular Hbond substituents is 2. The van der Waals surface area contributed by atoms with E-state index in [4.69, 9.17) is 5.84 Å². The van der Waals surface area contributed by atoms with Gasteiger partial charge in [-0.3, -0.25) is 11.3 Å². The van der Waals surface area contributed by atoms with Crippen LogP contribution in [0.5, 0.6) is 11.5 Å². The summed E-state index contributed by atoms with van der Waals surface area (Å²) in [5.74, 6) is 5.25. The Morgan fingerprint density at radius 3 is 2.25 bits per heavy atom. The van der Waals surface area contributed by atoms with Crippen LogP contribution in [0.25, 0.3) is 0 Å². The van der Waals surface area contributed by atoms with Crippen molar-refractivity contribution in [2.75, 3.05) is 0 Å². The smallest absolute Gasteiger partial charge is 0.124 e. The highest BCUT2D eigenvalue weighted by Crippen LogP contribution is 2.31. The zero-order chi connectivity index (χ0) is 9.14. The summed E-state index contributed by atoms with van der Waals surface area (Å²) in [5.41, 5.74) is 2.86. The average Bonchev–Trinajstić information content (AvgIpc) is 2.03. The molecule has 5 N–H and O–H groups in total. The number of benzene rings is 1. The van der Waals surface area contributed by atoms with Gasteiger partial charge < -0.3 is 10.2 Å². The molecule has 1 aromatic rings. The molecule has 0 radical (unpaired) electrons. The lowest BCUT2D eigenvalue weighted by Crippen LogP contribution is -2.25. The van der Waals surface area contributed by atoms with E-state index in [1.807, 2.05) is 0 Å². The van der Waals surface area contributed by atoms with E-state index in [-0.39, 0.29) is 17.5 Å². The molecule has 4 heteroatoms.